The molecule has 1 aliphatic rings. The molecule has 0 bridgehead atoms. The van der Waals surface area contributed by atoms with E-state index in [0.29, 0.717) is 5.92 Å². The molecule has 0 atom stereocenters. The van der Waals surface area contributed by atoms with E-state index in [2.05, 4.69) is 44.4 Å². The molecule has 1 heteroatoms. The van der Waals surface area contributed by atoms with Crippen molar-refractivity contribution in [3.8, 4) is 0 Å². The first kappa shape index (κ1) is 12.4. The van der Waals surface area contributed by atoms with E-state index >= 15 is 0 Å². The van der Waals surface area contributed by atoms with Gasteiger partial charge in [0.25, 0.3) is 0 Å². The number of hydrogen-bond acceptors (Lipinski definition) is 1. The minimum atomic E-state index is 0.631. The van der Waals surface area contributed by atoms with E-state index < -0.39 is 0 Å². The fourth-order valence-electron chi connectivity index (χ4n) is 2.88. The van der Waals surface area contributed by atoms with Crippen molar-refractivity contribution in [1.82, 2.24) is 4.90 Å². The van der Waals surface area contributed by atoms with Gasteiger partial charge in [0.2, 0.25) is 0 Å². The third kappa shape index (κ3) is 2.44. The molecule has 0 N–H and O–H groups in total. The van der Waals surface area contributed by atoms with Crippen LogP contribution in [0.5, 0.6) is 0 Å². The number of rotatable bonds is 3. The summed E-state index contributed by atoms with van der Waals surface area (Å²) in [5.74, 6) is 0.631. The van der Waals surface area contributed by atoms with Gasteiger partial charge in [-0.2, -0.15) is 0 Å². The van der Waals surface area contributed by atoms with E-state index in [1.54, 1.807) is 5.56 Å². The monoisotopic (exact) mass is 229 g/mol. The molecule has 1 aromatic carbocycles. The average Bonchev–Trinajstić information content (AvgIpc) is 2.29. The summed E-state index contributed by atoms with van der Waals surface area (Å²) in [4.78, 5) is 2.46. The van der Waals surface area contributed by atoms with Gasteiger partial charge < -0.3 is 0 Å². The highest BCUT2D eigenvalue weighted by Gasteiger charge is 2.18. The Hall–Kier alpha value is -1.08. The van der Waals surface area contributed by atoms with E-state index in [9.17, 15) is 0 Å². The highest BCUT2D eigenvalue weighted by atomic mass is 15.1. The maximum atomic E-state index is 3.82. The SMILES string of the molecule is C=CCN1CCc2c(ccc(C(C)C)c2C)C1. The van der Waals surface area contributed by atoms with Crippen LogP contribution in [0.3, 0.4) is 0 Å². The van der Waals surface area contributed by atoms with Crippen LogP contribution < -0.4 is 0 Å². The van der Waals surface area contributed by atoms with E-state index in [0.717, 1.165) is 13.1 Å². The van der Waals surface area contributed by atoms with Gasteiger partial charge in [-0.05, 0) is 41.5 Å². The molecule has 17 heavy (non-hydrogen) atoms. The van der Waals surface area contributed by atoms with E-state index in [1.165, 1.54) is 29.7 Å². The Morgan fingerprint density at radius 2 is 2.18 bits per heavy atom. The van der Waals surface area contributed by atoms with Gasteiger partial charge in [-0.15, -0.1) is 6.58 Å². The largest absolute Gasteiger partial charge is 0.295 e. The molecule has 0 saturated carbocycles. The van der Waals surface area contributed by atoms with Crippen LogP contribution in [0.15, 0.2) is 24.8 Å². The van der Waals surface area contributed by atoms with Crippen LogP contribution in [-0.4, -0.2) is 18.0 Å². The molecule has 2 rings (SSSR count). The minimum Gasteiger partial charge on any atom is -0.295 e. The number of benzene rings is 1. The topological polar surface area (TPSA) is 3.24 Å². The Bertz CT molecular complexity index is 418. The molecule has 0 saturated heterocycles. The summed E-state index contributed by atoms with van der Waals surface area (Å²) in [6.07, 6.45) is 3.19. The van der Waals surface area contributed by atoms with Crippen LogP contribution in [0.25, 0.3) is 0 Å². The van der Waals surface area contributed by atoms with Crippen molar-refractivity contribution in [1.29, 1.82) is 0 Å². The molecule has 0 fully saturated rings. The maximum absolute atomic E-state index is 3.82. The summed E-state index contributed by atoms with van der Waals surface area (Å²) in [5.41, 5.74) is 6.15. The summed E-state index contributed by atoms with van der Waals surface area (Å²) in [6.45, 7) is 13.9. The van der Waals surface area contributed by atoms with Gasteiger partial charge in [-0.25, -0.2) is 0 Å². The van der Waals surface area contributed by atoms with Crippen LogP contribution in [0, 0.1) is 6.92 Å². The van der Waals surface area contributed by atoms with Crippen molar-refractivity contribution in [3.05, 3.63) is 47.0 Å². The summed E-state index contributed by atoms with van der Waals surface area (Å²) >= 11 is 0. The second-order valence-corrected chi connectivity index (χ2v) is 5.35. The fourth-order valence-corrected chi connectivity index (χ4v) is 2.88. The van der Waals surface area contributed by atoms with Gasteiger partial charge in [0, 0.05) is 19.6 Å². The summed E-state index contributed by atoms with van der Waals surface area (Å²) in [5, 5.41) is 0. The fraction of sp³-hybridized carbons (Fsp3) is 0.500. The zero-order valence-corrected chi connectivity index (χ0v) is 11.3. The molecule has 0 radical (unpaired) electrons. The highest BCUT2D eigenvalue weighted by Crippen LogP contribution is 2.28. The predicted octanol–water partition coefficient (Wildman–Crippen LogP) is 3.66. The Labute approximate surface area is 105 Å². The summed E-state index contributed by atoms with van der Waals surface area (Å²) < 4.78 is 0. The van der Waals surface area contributed by atoms with E-state index in [1.807, 2.05) is 6.08 Å². The molecule has 1 aromatic rings. The Kier molecular flexibility index (Phi) is 3.68. The first-order chi connectivity index (χ1) is 8.13. The summed E-state index contributed by atoms with van der Waals surface area (Å²) in [7, 11) is 0. The molecule has 0 aliphatic carbocycles. The quantitative estimate of drug-likeness (QED) is 0.715. The zero-order chi connectivity index (χ0) is 12.4. The van der Waals surface area contributed by atoms with Crippen molar-refractivity contribution in [2.75, 3.05) is 13.1 Å². The number of fused-ring (bicyclic) bond motifs is 1. The lowest BCUT2D eigenvalue weighted by atomic mass is 9.88. The van der Waals surface area contributed by atoms with Gasteiger partial charge in [0.15, 0.2) is 0 Å². The molecule has 1 nitrogen and oxygen atoms in total. The van der Waals surface area contributed by atoms with Gasteiger partial charge in [-0.3, -0.25) is 4.90 Å². The second-order valence-electron chi connectivity index (χ2n) is 5.35. The third-order valence-corrected chi connectivity index (χ3v) is 3.82. The van der Waals surface area contributed by atoms with Crippen LogP contribution in [0.4, 0.5) is 0 Å². The van der Waals surface area contributed by atoms with Gasteiger partial charge in [0.1, 0.15) is 0 Å². The molecule has 1 heterocycles. The van der Waals surface area contributed by atoms with Crippen LogP contribution in [0.1, 0.15) is 42.0 Å². The lowest BCUT2D eigenvalue weighted by Crippen LogP contribution is -2.31. The maximum Gasteiger partial charge on any atom is 0.0240 e. The van der Waals surface area contributed by atoms with E-state index in [4.69, 9.17) is 0 Å². The smallest absolute Gasteiger partial charge is 0.0240 e. The predicted molar refractivity (Wildman–Crippen MR) is 74.4 cm³/mol. The molecule has 92 valence electrons. The minimum absolute atomic E-state index is 0.631. The van der Waals surface area contributed by atoms with Crippen molar-refractivity contribution < 1.29 is 0 Å². The van der Waals surface area contributed by atoms with Crippen molar-refractivity contribution >= 4 is 0 Å². The Balaban J connectivity index is 2.30. The molecule has 0 amide bonds. The van der Waals surface area contributed by atoms with Crippen molar-refractivity contribution in [3.63, 3.8) is 0 Å². The lowest BCUT2D eigenvalue weighted by molar-refractivity contribution is 0.281. The molecule has 0 spiro atoms. The normalized spacial score (nSPS) is 16.0. The standard InChI is InChI=1S/C16H23N/c1-5-9-17-10-8-16-13(4)15(12(2)3)7-6-14(16)11-17/h5-7,12H,1,8-11H2,2-4H3. The zero-order valence-electron chi connectivity index (χ0n) is 11.3. The first-order valence-electron chi connectivity index (χ1n) is 6.58. The van der Waals surface area contributed by atoms with Gasteiger partial charge in [-0.1, -0.05) is 32.1 Å². The Morgan fingerprint density at radius 1 is 1.41 bits per heavy atom. The van der Waals surface area contributed by atoms with E-state index in [-0.39, 0.29) is 0 Å². The van der Waals surface area contributed by atoms with Crippen LogP contribution in [0.2, 0.25) is 0 Å². The van der Waals surface area contributed by atoms with Crippen LogP contribution in [-0.2, 0) is 13.0 Å². The molecule has 0 aromatic heterocycles. The number of hydrogen-bond donors (Lipinski definition) is 0. The van der Waals surface area contributed by atoms with Crippen LogP contribution >= 0.6 is 0 Å². The van der Waals surface area contributed by atoms with Gasteiger partial charge in [0.05, 0.1) is 0 Å². The molecule has 1 aliphatic heterocycles. The van der Waals surface area contributed by atoms with Crippen molar-refractivity contribution in [2.24, 2.45) is 0 Å². The lowest BCUT2D eigenvalue weighted by Gasteiger charge is -2.30. The van der Waals surface area contributed by atoms with Gasteiger partial charge >= 0.3 is 0 Å². The average molecular weight is 229 g/mol. The Morgan fingerprint density at radius 3 is 2.82 bits per heavy atom. The second kappa shape index (κ2) is 5.05. The summed E-state index contributed by atoms with van der Waals surface area (Å²) in [6, 6.07) is 4.64. The third-order valence-electron chi connectivity index (χ3n) is 3.82. The molecular weight excluding hydrogens is 206 g/mol. The number of nitrogens with zero attached hydrogens (tertiary/aromatic N) is 1. The first-order valence-corrected chi connectivity index (χ1v) is 6.58. The van der Waals surface area contributed by atoms with Crippen molar-refractivity contribution in [2.45, 2.75) is 39.7 Å². The molecular formula is C16H23N. The molecule has 0 unspecified atom stereocenters. The highest BCUT2D eigenvalue weighted by molar-refractivity contribution is 5.43.